The molecule has 2 aromatic carbocycles. The number of benzene rings is 2. The van der Waals surface area contributed by atoms with Crippen molar-refractivity contribution in [3.8, 4) is 0 Å². The van der Waals surface area contributed by atoms with Gasteiger partial charge < -0.3 is 10.6 Å². The number of nitrogens with two attached hydrogens (primary N) is 1. The van der Waals surface area contributed by atoms with Crippen LogP contribution in [-0.4, -0.2) is 29.9 Å². The van der Waals surface area contributed by atoms with E-state index in [9.17, 15) is 4.79 Å². The third kappa shape index (κ3) is 3.26. The highest BCUT2D eigenvalue weighted by molar-refractivity contribution is 6.07. The number of nitrogens with zero attached hydrogens (tertiary/aromatic N) is 1. The quantitative estimate of drug-likeness (QED) is 0.921. The molecule has 0 aliphatic carbocycles. The maximum absolute atomic E-state index is 12.9. The van der Waals surface area contributed by atoms with Gasteiger partial charge in [-0.1, -0.05) is 36.4 Å². The number of carbonyl (C=O) groups excluding carboxylic acids is 1. The Labute approximate surface area is 137 Å². The molecule has 2 atom stereocenters. The zero-order valence-electron chi connectivity index (χ0n) is 12.9. The lowest BCUT2D eigenvalue weighted by molar-refractivity contribution is 0.0663. The van der Waals surface area contributed by atoms with Crippen LogP contribution in [0.15, 0.2) is 42.5 Å². The second kappa shape index (κ2) is 7.12. The number of hydrogen-bond acceptors (Lipinski definition) is 2. The summed E-state index contributed by atoms with van der Waals surface area (Å²) in [5, 5.41) is 2.15. The number of fused-ring (bicyclic) bond motifs is 1. The second-order valence-electron chi connectivity index (χ2n) is 6.04. The van der Waals surface area contributed by atoms with E-state index in [1.807, 2.05) is 54.3 Å². The lowest BCUT2D eigenvalue weighted by atomic mass is 9.91. The highest BCUT2D eigenvalue weighted by Gasteiger charge is 2.27. The van der Waals surface area contributed by atoms with Crippen LogP contribution >= 0.6 is 12.4 Å². The predicted molar refractivity (Wildman–Crippen MR) is 93.5 cm³/mol. The number of likely N-dealkylation sites (tertiary alicyclic amines) is 1. The van der Waals surface area contributed by atoms with Gasteiger partial charge in [0.15, 0.2) is 0 Å². The molecule has 0 saturated carbocycles. The van der Waals surface area contributed by atoms with Gasteiger partial charge in [0.05, 0.1) is 0 Å². The van der Waals surface area contributed by atoms with Gasteiger partial charge in [-0.2, -0.15) is 0 Å². The highest BCUT2D eigenvalue weighted by atomic mass is 35.5. The van der Waals surface area contributed by atoms with Crippen molar-refractivity contribution in [3.05, 3.63) is 48.0 Å². The van der Waals surface area contributed by atoms with E-state index in [1.54, 1.807) is 0 Å². The minimum absolute atomic E-state index is 0. The van der Waals surface area contributed by atoms with E-state index in [2.05, 4.69) is 0 Å². The molecule has 1 fully saturated rings. The van der Waals surface area contributed by atoms with Crippen LogP contribution in [0.3, 0.4) is 0 Å². The van der Waals surface area contributed by atoms with Gasteiger partial charge >= 0.3 is 0 Å². The molecule has 0 radical (unpaired) electrons. The predicted octanol–water partition coefficient (Wildman–Crippen LogP) is 3.46. The molecule has 22 heavy (non-hydrogen) atoms. The molecule has 1 heterocycles. The summed E-state index contributed by atoms with van der Waals surface area (Å²) in [6.45, 7) is 3.65. The molecule has 4 heteroatoms. The average molecular weight is 319 g/mol. The van der Waals surface area contributed by atoms with E-state index >= 15 is 0 Å². The van der Waals surface area contributed by atoms with Crippen molar-refractivity contribution in [2.75, 3.05) is 13.1 Å². The zero-order chi connectivity index (χ0) is 14.8. The molecule has 1 aliphatic rings. The summed E-state index contributed by atoms with van der Waals surface area (Å²) in [6.07, 6.45) is 2.17. The lowest BCUT2D eigenvalue weighted by Crippen LogP contribution is -2.45. The molecule has 2 N–H and O–H groups in total. The summed E-state index contributed by atoms with van der Waals surface area (Å²) in [5.41, 5.74) is 6.82. The molecule has 1 aliphatic heterocycles. The Bertz CT molecular complexity index is 651. The van der Waals surface area contributed by atoms with Crippen LogP contribution in [0.1, 0.15) is 30.1 Å². The Morgan fingerprint density at radius 3 is 2.73 bits per heavy atom. The maximum Gasteiger partial charge on any atom is 0.254 e. The van der Waals surface area contributed by atoms with E-state index < -0.39 is 0 Å². The Balaban J connectivity index is 0.00000176. The van der Waals surface area contributed by atoms with Gasteiger partial charge in [-0.25, -0.2) is 0 Å². The molecule has 0 bridgehead atoms. The van der Waals surface area contributed by atoms with Crippen LogP contribution in [0.4, 0.5) is 0 Å². The van der Waals surface area contributed by atoms with Crippen LogP contribution in [0.25, 0.3) is 10.8 Å². The van der Waals surface area contributed by atoms with Gasteiger partial charge in [0.25, 0.3) is 5.91 Å². The summed E-state index contributed by atoms with van der Waals surface area (Å²) < 4.78 is 0. The molecular weight excluding hydrogens is 296 g/mol. The van der Waals surface area contributed by atoms with Crippen molar-refractivity contribution >= 4 is 29.1 Å². The maximum atomic E-state index is 12.9. The summed E-state index contributed by atoms with van der Waals surface area (Å²) in [4.78, 5) is 14.8. The van der Waals surface area contributed by atoms with E-state index in [-0.39, 0.29) is 24.4 Å². The third-order valence-electron chi connectivity index (χ3n) is 4.51. The van der Waals surface area contributed by atoms with Crippen molar-refractivity contribution in [2.45, 2.75) is 25.8 Å². The zero-order valence-corrected chi connectivity index (χ0v) is 13.7. The van der Waals surface area contributed by atoms with Gasteiger partial charge in [-0.15, -0.1) is 12.4 Å². The first-order valence-corrected chi connectivity index (χ1v) is 7.69. The van der Waals surface area contributed by atoms with Gasteiger partial charge in [0, 0.05) is 24.7 Å². The van der Waals surface area contributed by atoms with E-state index in [4.69, 9.17) is 5.73 Å². The number of piperidine rings is 1. The number of amides is 1. The highest BCUT2D eigenvalue weighted by Crippen LogP contribution is 2.24. The SMILES string of the molecule is CC(N)C1CCCN(C(=O)c2cccc3ccccc23)C1.Cl. The molecule has 3 nitrogen and oxygen atoms in total. The first-order valence-electron chi connectivity index (χ1n) is 7.69. The Morgan fingerprint density at radius 1 is 1.23 bits per heavy atom. The molecule has 1 amide bonds. The Hall–Kier alpha value is -1.58. The minimum Gasteiger partial charge on any atom is -0.338 e. The van der Waals surface area contributed by atoms with Gasteiger partial charge in [-0.3, -0.25) is 4.79 Å². The Kier molecular flexibility index (Phi) is 5.43. The van der Waals surface area contributed by atoms with Crippen molar-refractivity contribution in [1.29, 1.82) is 0 Å². The molecule has 0 aromatic heterocycles. The van der Waals surface area contributed by atoms with E-state index in [0.29, 0.717) is 5.92 Å². The smallest absolute Gasteiger partial charge is 0.254 e. The molecule has 2 aromatic rings. The number of hydrogen-bond donors (Lipinski definition) is 1. The number of rotatable bonds is 2. The molecular formula is C18H23ClN2O. The number of halogens is 1. The fourth-order valence-corrected chi connectivity index (χ4v) is 3.21. The summed E-state index contributed by atoms with van der Waals surface area (Å²) >= 11 is 0. The third-order valence-corrected chi connectivity index (χ3v) is 4.51. The van der Waals surface area contributed by atoms with Crippen LogP contribution in [0, 0.1) is 5.92 Å². The van der Waals surface area contributed by atoms with Crippen LogP contribution < -0.4 is 5.73 Å². The first kappa shape index (κ1) is 16.8. The van der Waals surface area contributed by atoms with Crippen molar-refractivity contribution in [2.24, 2.45) is 11.7 Å². The van der Waals surface area contributed by atoms with E-state index in [1.165, 1.54) is 0 Å². The average Bonchev–Trinajstić information content (AvgIpc) is 2.53. The van der Waals surface area contributed by atoms with E-state index in [0.717, 1.165) is 42.3 Å². The lowest BCUT2D eigenvalue weighted by Gasteiger charge is -2.34. The van der Waals surface area contributed by atoms with Crippen molar-refractivity contribution < 1.29 is 4.79 Å². The van der Waals surface area contributed by atoms with Crippen molar-refractivity contribution in [3.63, 3.8) is 0 Å². The fraction of sp³-hybridized carbons (Fsp3) is 0.389. The van der Waals surface area contributed by atoms with Crippen LogP contribution in [-0.2, 0) is 0 Å². The molecule has 118 valence electrons. The number of carbonyl (C=O) groups is 1. The standard InChI is InChI=1S/C18H22N2O.ClH/c1-13(19)15-8-5-11-20(12-15)18(21)17-10-4-7-14-6-2-3-9-16(14)17;/h2-4,6-7,9-10,13,15H,5,8,11-12,19H2,1H3;1H. The summed E-state index contributed by atoms with van der Waals surface area (Å²) in [7, 11) is 0. The molecule has 0 spiro atoms. The summed E-state index contributed by atoms with van der Waals surface area (Å²) in [5.74, 6) is 0.551. The monoisotopic (exact) mass is 318 g/mol. The van der Waals surface area contributed by atoms with Gasteiger partial charge in [0.1, 0.15) is 0 Å². The van der Waals surface area contributed by atoms with Crippen LogP contribution in [0.2, 0.25) is 0 Å². The van der Waals surface area contributed by atoms with Crippen molar-refractivity contribution in [1.82, 2.24) is 4.90 Å². The summed E-state index contributed by atoms with van der Waals surface area (Å²) in [6, 6.07) is 14.1. The minimum atomic E-state index is 0. The topological polar surface area (TPSA) is 46.3 Å². The molecule has 2 unspecified atom stereocenters. The van der Waals surface area contributed by atoms with Gasteiger partial charge in [0.2, 0.25) is 0 Å². The Morgan fingerprint density at radius 2 is 1.95 bits per heavy atom. The molecule has 1 saturated heterocycles. The van der Waals surface area contributed by atoms with Gasteiger partial charge in [-0.05, 0) is 42.5 Å². The molecule has 3 rings (SSSR count). The first-order chi connectivity index (χ1) is 10.2. The second-order valence-corrected chi connectivity index (χ2v) is 6.04. The van der Waals surface area contributed by atoms with Crippen LogP contribution in [0.5, 0.6) is 0 Å². The fourth-order valence-electron chi connectivity index (χ4n) is 3.21. The normalized spacial score (nSPS) is 19.5. The largest absolute Gasteiger partial charge is 0.338 e.